The van der Waals surface area contributed by atoms with E-state index in [-0.39, 0.29) is 0 Å². The number of furan rings is 2. The maximum absolute atomic E-state index is 7.52. The molecule has 0 fully saturated rings. The maximum Gasteiger partial charge on any atom is 0.158 e. The minimum Gasteiger partial charge on any atom is -0.457 e. The standard InChI is InChI=1S/C59H65B28NO2/c60-16-2-1-14-26(35(16)70)29-32(43(78)47(82)46(81)42(29)77)59(14,33-44(79)48(83)50(85)49(84)45(33)80)15-7-20(64)36(71)30(34(15)69)28-25-13(6-19(63)38(73)40(25)75)53(51(86)41(28)76)88(10-3-11-12-5-18(62)39(74)52(87)56(12)89-55(11)23(67)4-10)54-22(66)8-17(61)27-31-37(72)21(65)9-24(68)57(31)90-58(27)54/h1-9H,60-87H2. The molecule has 1 aliphatic rings. The zero-order chi connectivity index (χ0) is 65.1. The fraction of sp³-hybridized carbons (Fsp3) is 0.0169. The van der Waals surface area contributed by atoms with Crippen LogP contribution in [0.5, 0.6) is 0 Å². The van der Waals surface area contributed by atoms with Gasteiger partial charge < -0.3 is 13.7 Å². The summed E-state index contributed by atoms with van der Waals surface area (Å²) in [5, 5.41) is 7.18. The molecule has 1 unspecified atom stereocenters. The molecular formula is C59H65B28NO2. The van der Waals surface area contributed by atoms with Crippen LogP contribution in [0, 0.1) is 0 Å². The molecule has 1 aliphatic carbocycles. The summed E-state index contributed by atoms with van der Waals surface area (Å²) >= 11 is 0. The molecule has 13 rings (SSSR count). The zero-order valence-electron chi connectivity index (χ0n) is 59.5. The Balaban J connectivity index is 1.23. The lowest BCUT2D eigenvalue weighted by molar-refractivity contribution is 0.672. The number of benzene rings is 10. The lowest BCUT2D eigenvalue weighted by Crippen LogP contribution is -2.61. The van der Waals surface area contributed by atoms with E-state index in [1.807, 2.05) is 0 Å². The molecule has 2 heterocycles. The Labute approximate surface area is 558 Å². The molecule has 90 heavy (non-hydrogen) atoms. The highest BCUT2D eigenvalue weighted by atomic mass is 16.3. The fourth-order valence-electron chi connectivity index (χ4n) is 17.5. The molecule has 1 atom stereocenters. The van der Waals surface area contributed by atoms with Gasteiger partial charge in [0.2, 0.25) is 0 Å². The SMILES string of the molecule is Bc1ccc2c(c1B)-c1c(B)c(B)c(B)c(B)c1C2(c1cc(B)c(B)c(-c2c(B)c(B)c(N(c3cc(B)c4oc5c(B)c(B)c(B)cc5c4c3)c3c(B)cc(B)c4c3oc3c(B)cc(B)c(B)c34)c3cc(B)c(B)c(B)c23)c1B)c1c(B)c(B)c(B)c(B)c1B. The van der Waals surface area contributed by atoms with Crippen molar-refractivity contribution in [3.05, 3.63) is 76.9 Å². The van der Waals surface area contributed by atoms with Crippen LogP contribution in [0.25, 0.3) is 76.9 Å². The molecule has 2 aromatic heterocycles. The van der Waals surface area contributed by atoms with Crippen molar-refractivity contribution in [1.82, 2.24) is 0 Å². The summed E-state index contributed by atoms with van der Waals surface area (Å²) in [7, 11) is 65.6. The van der Waals surface area contributed by atoms with E-state index in [4.69, 9.17) is 8.83 Å². The average molecular weight is 1120 g/mol. The Morgan fingerprint density at radius 1 is 0.244 bits per heavy atom. The van der Waals surface area contributed by atoms with Crippen molar-refractivity contribution in [3.8, 4) is 22.3 Å². The summed E-state index contributed by atoms with van der Waals surface area (Å²) in [4.78, 5) is 2.62. The topological polar surface area (TPSA) is 29.5 Å². The Bertz CT molecular complexity index is 5360. The van der Waals surface area contributed by atoms with Crippen LogP contribution >= 0.6 is 0 Å². The minimum absolute atomic E-state index is 0.651. The summed E-state index contributed by atoms with van der Waals surface area (Å²) in [6, 6.07) is 22.0. The number of hydrogen-bond acceptors (Lipinski definition) is 3. The van der Waals surface area contributed by atoms with Gasteiger partial charge in [0.15, 0.2) is 5.58 Å². The Hall–Kier alpha value is -6.32. The molecule has 10 aromatic carbocycles. The van der Waals surface area contributed by atoms with Gasteiger partial charge in [-0.2, -0.15) is 0 Å². The Morgan fingerprint density at radius 3 is 1.39 bits per heavy atom. The van der Waals surface area contributed by atoms with E-state index in [1.54, 1.807) is 0 Å². The highest BCUT2D eigenvalue weighted by Gasteiger charge is 2.51. The zero-order valence-corrected chi connectivity index (χ0v) is 59.5. The van der Waals surface area contributed by atoms with Crippen molar-refractivity contribution in [1.29, 1.82) is 0 Å². The number of nitrogens with zero attached hydrogens (tertiary/aromatic N) is 1. The molecule has 31 heteroatoms. The van der Waals surface area contributed by atoms with Crippen molar-refractivity contribution in [2.24, 2.45) is 0 Å². The largest absolute Gasteiger partial charge is 0.457 e. The van der Waals surface area contributed by atoms with E-state index in [2.05, 4.69) is 279 Å². The molecule has 0 spiro atoms. The second-order valence-electron chi connectivity index (χ2n) is 28.5. The van der Waals surface area contributed by atoms with Gasteiger partial charge in [-0.1, -0.05) is 152 Å². The van der Waals surface area contributed by atoms with Gasteiger partial charge >= 0.3 is 0 Å². The van der Waals surface area contributed by atoms with E-state index >= 15 is 0 Å². The maximum atomic E-state index is 7.52. The van der Waals surface area contributed by atoms with Crippen LogP contribution in [0.1, 0.15) is 22.3 Å². The van der Waals surface area contributed by atoms with Crippen LogP contribution in [0.3, 0.4) is 0 Å². The summed E-state index contributed by atoms with van der Waals surface area (Å²) in [5.74, 6) is 0. The summed E-state index contributed by atoms with van der Waals surface area (Å²) in [6.07, 6.45) is 0. The van der Waals surface area contributed by atoms with E-state index < -0.39 is 5.41 Å². The predicted octanol–water partition coefficient (Wildman–Crippen LogP) is -32.6. The molecule has 0 radical (unpaired) electrons. The van der Waals surface area contributed by atoms with Crippen LogP contribution in [-0.2, 0) is 5.41 Å². The molecule has 0 amide bonds. The van der Waals surface area contributed by atoms with Crippen LogP contribution in [0.4, 0.5) is 17.1 Å². The first-order valence-corrected chi connectivity index (χ1v) is 32.9. The first kappa shape index (κ1) is 62.5. The Kier molecular flexibility index (Phi) is 14.8. The van der Waals surface area contributed by atoms with Crippen LogP contribution in [0.2, 0.25) is 0 Å². The molecule has 0 bridgehead atoms. The molecule has 0 aliphatic heterocycles. The fourth-order valence-corrected chi connectivity index (χ4v) is 17.5. The molecule has 12 aromatic rings. The molecule has 402 valence electrons. The van der Waals surface area contributed by atoms with Crippen molar-refractivity contribution in [2.75, 3.05) is 4.90 Å². The molecule has 3 nitrogen and oxygen atoms in total. The van der Waals surface area contributed by atoms with Gasteiger partial charge in [-0.15, -0.1) is 32.8 Å². The van der Waals surface area contributed by atoms with Crippen LogP contribution in [0.15, 0.2) is 63.4 Å². The second-order valence-corrected chi connectivity index (χ2v) is 28.5. The van der Waals surface area contributed by atoms with Crippen molar-refractivity contribution >= 4 is 444 Å². The third-order valence-electron chi connectivity index (χ3n) is 24.2. The number of fused-ring (bicyclic) bond motifs is 10. The summed E-state index contributed by atoms with van der Waals surface area (Å²) in [5.41, 5.74) is 54.0. The van der Waals surface area contributed by atoms with Crippen molar-refractivity contribution < 1.29 is 8.83 Å². The Morgan fingerprint density at radius 2 is 0.744 bits per heavy atom. The highest BCUT2D eigenvalue weighted by molar-refractivity contribution is 6.71. The van der Waals surface area contributed by atoms with Crippen LogP contribution in [-0.4, -0.2) is 220 Å². The first-order valence-electron chi connectivity index (χ1n) is 32.9. The highest BCUT2D eigenvalue weighted by Crippen LogP contribution is 2.53. The van der Waals surface area contributed by atoms with Crippen molar-refractivity contribution in [2.45, 2.75) is 5.41 Å². The second kappa shape index (κ2) is 21.4. The average Bonchev–Trinajstić information content (AvgIpc) is 1.45. The number of anilines is 3. The van der Waals surface area contributed by atoms with Crippen LogP contribution < -0.4 is 158 Å². The van der Waals surface area contributed by atoms with E-state index in [9.17, 15) is 0 Å². The van der Waals surface area contributed by atoms with Crippen molar-refractivity contribution in [3.63, 3.8) is 0 Å². The van der Waals surface area contributed by atoms with Gasteiger partial charge in [0.25, 0.3) is 0 Å². The summed E-state index contributed by atoms with van der Waals surface area (Å²) in [6.45, 7) is 0. The molecular weight excluding hydrogens is 1060 g/mol. The van der Waals surface area contributed by atoms with E-state index in [1.165, 1.54) is 208 Å². The van der Waals surface area contributed by atoms with Gasteiger partial charge in [0.1, 0.15) is 236 Å². The molecule has 0 N–H and O–H groups in total. The lowest BCUT2D eigenvalue weighted by atomic mass is 9.50. The van der Waals surface area contributed by atoms with Gasteiger partial charge in [0.05, 0.1) is 11.1 Å². The normalized spacial score (nSPS) is 13.7. The smallest absolute Gasteiger partial charge is 0.158 e. The first-order chi connectivity index (χ1) is 42.3. The van der Waals surface area contributed by atoms with Gasteiger partial charge in [-0.25, -0.2) is 0 Å². The monoisotopic (exact) mass is 1130 g/mol. The van der Waals surface area contributed by atoms with Gasteiger partial charge in [0, 0.05) is 38.3 Å². The lowest BCUT2D eigenvalue weighted by Gasteiger charge is -2.42. The van der Waals surface area contributed by atoms with Gasteiger partial charge in [-0.05, 0) is 73.0 Å². The summed E-state index contributed by atoms with van der Waals surface area (Å²) < 4.78 is 14.5. The minimum atomic E-state index is -0.651. The number of hydrogen-bond donors (Lipinski definition) is 0. The molecule has 0 saturated carbocycles. The third kappa shape index (κ3) is 8.20. The predicted molar refractivity (Wildman–Crippen MR) is 485 cm³/mol. The molecule has 0 saturated heterocycles. The third-order valence-corrected chi connectivity index (χ3v) is 24.2. The van der Waals surface area contributed by atoms with Gasteiger partial charge in [-0.3, -0.25) is 0 Å². The van der Waals surface area contributed by atoms with E-state index in [0.29, 0.717) is 0 Å². The quantitative estimate of drug-likeness (QED) is 0.155. The van der Waals surface area contributed by atoms with E-state index in [0.717, 1.165) is 60.9 Å². The number of rotatable bonds is 6.